The molecule has 0 saturated heterocycles. The van der Waals surface area contributed by atoms with Gasteiger partial charge in [0.15, 0.2) is 5.82 Å². The number of nitrogens with zero attached hydrogens (tertiary/aromatic N) is 3. The fourth-order valence-corrected chi connectivity index (χ4v) is 9.30. The van der Waals surface area contributed by atoms with Crippen LogP contribution in [0.3, 0.4) is 0 Å². The first-order valence-electron chi connectivity index (χ1n) is 19.8. The normalized spacial score (nSPS) is 11.4. The molecule has 0 atom stereocenters. The van der Waals surface area contributed by atoms with E-state index in [4.69, 9.17) is 15.0 Å². The van der Waals surface area contributed by atoms with Crippen LogP contribution in [0.5, 0.6) is 0 Å². The summed E-state index contributed by atoms with van der Waals surface area (Å²) in [6.45, 7) is 0. The average Bonchev–Trinajstić information content (AvgIpc) is 3.72. The number of fused-ring (bicyclic) bond motifs is 5. The van der Waals surface area contributed by atoms with E-state index in [2.05, 4.69) is 188 Å². The maximum atomic E-state index is 5.38. The van der Waals surface area contributed by atoms with Crippen molar-refractivity contribution in [3.05, 3.63) is 212 Å². The fourth-order valence-electron chi connectivity index (χ4n) is 8.07. The first-order valence-corrected chi connectivity index (χ1v) is 20.7. The van der Waals surface area contributed by atoms with E-state index in [-0.39, 0.29) is 0 Å². The van der Waals surface area contributed by atoms with Crippen LogP contribution in [0.25, 0.3) is 110 Å². The lowest BCUT2D eigenvalue weighted by atomic mass is 9.98. The Morgan fingerprint density at radius 2 is 0.746 bits per heavy atom. The molecule has 0 saturated carbocycles. The molecule has 59 heavy (non-hydrogen) atoms. The van der Waals surface area contributed by atoms with E-state index in [0.29, 0.717) is 5.82 Å². The van der Waals surface area contributed by atoms with E-state index in [1.807, 2.05) is 35.6 Å². The van der Waals surface area contributed by atoms with E-state index < -0.39 is 0 Å². The third-order valence-corrected chi connectivity index (χ3v) is 12.3. The Labute approximate surface area is 346 Å². The Bertz CT molecular complexity index is 3270. The third kappa shape index (κ3) is 6.56. The van der Waals surface area contributed by atoms with Crippen molar-refractivity contribution in [1.82, 2.24) is 15.0 Å². The number of pyridine rings is 1. The Hall–Kier alpha value is -7.53. The molecule has 0 spiro atoms. The molecular formula is C55H35N3S. The molecule has 4 heteroatoms. The number of aromatic nitrogens is 3. The first kappa shape index (κ1) is 34.7. The number of benzene rings is 8. The molecule has 8 aromatic carbocycles. The lowest BCUT2D eigenvalue weighted by Gasteiger charge is -2.11. The minimum atomic E-state index is 0.705. The molecular weight excluding hydrogens is 735 g/mol. The number of rotatable bonds is 7. The Morgan fingerprint density at radius 1 is 0.305 bits per heavy atom. The van der Waals surface area contributed by atoms with Crippen LogP contribution < -0.4 is 0 Å². The number of hydrogen-bond acceptors (Lipinski definition) is 4. The van der Waals surface area contributed by atoms with Crippen LogP contribution in [-0.4, -0.2) is 15.0 Å². The zero-order chi connectivity index (χ0) is 39.1. The summed E-state index contributed by atoms with van der Waals surface area (Å²) in [5.41, 5.74) is 15.0. The Balaban J connectivity index is 0.940. The van der Waals surface area contributed by atoms with Crippen molar-refractivity contribution in [2.75, 3.05) is 0 Å². The summed E-state index contributed by atoms with van der Waals surface area (Å²) >= 11 is 1.82. The second-order valence-corrected chi connectivity index (χ2v) is 15.8. The van der Waals surface area contributed by atoms with Crippen molar-refractivity contribution >= 4 is 42.4 Å². The largest absolute Gasteiger partial charge is 0.246 e. The first-order chi connectivity index (χ1) is 29.2. The van der Waals surface area contributed by atoms with Gasteiger partial charge in [-0.25, -0.2) is 15.0 Å². The summed E-state index contributed by atoms with van der Waals surface area (Å²) in [6.07, 6.45) is 0. The van der Waals surface area contributed by atoms with Gasteiger partial charge in [0.25, 0.3) is 0 Å². The molecule has 11 aromatic rings. The predicted octanol–water partition coefficient (Wildman–Crippen LogP) is 15.1. The van der Waals surface area contributed by atoms with E-state index in [1.165, 1.54) is 47.8 Å². The molecule has 3 nitrogen and oxygen atoms in total. The summed E-state index contributed by atoms with van der Waals surface area (Å²) in [5, 5.41) is 3.74. The smallest absolute Gasteiger partial charge is 0.160 e. The second kappa shape index (κ2) is 14.8. The zero-order valence-electron chi connectivity index (χ0n) is 32.0. The number of thiophene rings is 1. The molecule has 0 bridgehead atoms. The Kier molecular flexibility index (Phi) is 8.68. The summed E-state index contributed by atoms with van der Waals surface area (Å²) in [7, 11) is 0. The standard InChI is InChI=1S/C55H35N3S/c1-4-12-36(13-5-1)38-20-26-41(27-21-38)48-35-49(58-55(57-48)44-16-8-3-9-17-44)42-28-22-39(23-29-42)40-24-30-43(31-25-40)53-54-52(47-18-10-11-19-51(47)59-54)46-33-32-45(34-50(46)56-53)37-14-6-2-7-15-37/h1-35H. The molecule has 0 aliphatic rings. The van der Waals surface area contributed by atoms with Gasteiger partial charge in [0.05, 0.1) is 27.3 Å². The highest BCUT2D eigenvalue weighted by atomic mass is 32.1. The molecule has 0 unspecified atom stereocenters. The van der Waals surface area contributed by atoms with Gasteiger partial charge in [-0.05, 0) is 51.6 Å². The van der Waals surface area contributed by atoms with E-state index in [9.17, 15) is 0 Å². The van der Waals surface area contributed by atoms with Crippen LogP contribution in [0, 0.1) is 0 Å². The molecule has 3 heterocycles. The van der Waals surface area contributed by atoms with Crippen LogP contribution in [0.4, 0.5) is 0 Å². The van der Waals surface area contributed by atoms with Crippen LogP contribution in [-0.2, 0) is 0 Å². The van der Waals surface area contributed by atoms with Crippen molar-refractivity contribution in [1.29, 1.82) is 0 Å². The predicted molar refractivity (Wildman–Crippen MR) is 248 cm³/mol. The van der Waals surface area contributed by atoms with Gasteiger partial charge >= 0.3 is 0 Å². The van der Waals surface area contributed by atoms with E-state index >= 15 is 0 Å². The number of hydrogen-bond donors (Lipinski definition) is 0. The lowest BCUT2D eigenvalue weighted by Crippen LogP contribution is -1.96. The van der Waals surface area contributed by atoms with Gasteiger partial charge in [0.1, 0.15) is 0 Å². The Morgan fingerprint density at radius 3 is 1.32 bits per heavy atom. The topological polar surface area (TPSA) is 38.7 Å². The van der Waals surface area contributed by atoms with Crippen molar-refractivity contribution in [3.63, 3.8) is 0 Å². The monoisotopic (exact) mass is 769 g/mol. The van der Waals surface area contributed by atoms with Gasteiger partial charge in [-0.15, -0.1) is 11.3 Å². The molecule has 3 aromatic heterocycles. The highest BCUT2D eigenvalue weighted by molar-refractivity contribution is 7.26. The van der Waals surface area contributed by atoms with Crippen molar-refractivity contribution in [3.8, 4) is 78.5 Å². The zero-order valence-corrected chi connectivity index (χ0v) is 32.8. The minimum absolute atomic E-state index is 0.705. The molecule has 0 amide bonds. The van der Waals surface area contributed by atoms with E-state index in [0.717, 1.165) is 56.0 Å². The van der Waals surface area contributed by atoms with Crippen LogP contribution in [0.15, 0.2) is 212 Å². The SMILES string of the molecule is c1ccc(-c2ccc(-c3cc(-c4ccc(-c5ccc(-c6nc7cc(-c8ccccc8)ccc7c7c6sc6ccccc67)cc5)cc4)nc(-c4ccccc4)n3)cc2)cc1. The van der Waals surface area contributed by atoms with Gasteiger partial charge in [0, 0.05) is 43.1 Å². The highest BCUT2D eigenvalue weighted by Gasteiger charge is 2.17. The second-order valence-electron chi connectivity index (χ2n) is 14.8. The molecule has 11 rings (SSSR count). The van der Waals surface area contributed by atoms with Crippen LogP contribution in [0.1, 0.15) is 0 Å². The van der Waals surface area contributed by atoms with Crippen LogP contribution >= 0.6 is 11.3 Å². The van der Waals surface area contributed by atoms with Gasteiger partial charge < -0.3 is 0 Å². The maximum absolute atomic E-state index is 5.38. The maximum Gasteiger partial charge on any atom is 0.160 e. The van der Waals surface area contributed by atoms with Gasteiger partial charge in [-0.1, -0.05) is 194 Å². The average molecular weight is 770 g/mol. The van der Waals surface area contributed by atoms with Gasteiger partial charge in [-0.3, -0.25) is 0 Å². The summed E-state index contributed by atoms with van der Waals surface area (Å²) in [5.74, 6) is 0.705. The van der Waals surface area contributed by atoms with Crippen molar-refractivity contribution in [2.24, 2.45) is 0 Å². The van der Waals surface area contributed by atoms with Gasteiger partial charge in [0.2, 0.25) is 0 Å². The molecule has 0 aliphatic heterocycles. The van der Waals surface area contributed by atoms with Crippen LogP contribution in [0.2, 0.25) is 0 Å². The summed E-state index contributed by atoms with van der Waals surface area (Å²) in [4.78, 5) is 15.5. The van der Waals surface area contributed by atoms with E-state index in [1.54, 1.807) is 0 Å². The third-order valence-electron chi connectivity index (χ3n) is 11.1. The lowest BCUT2D eigenvalue weighted by molar-refractivity contribution is 1.18. The van der Waals surface area contributed by atoms with Crippen molar-refractivity contribution < 1.29 is 0 Å². The summed E-state index contributed by atoms with van der Waals surface area (Å²) in [6, 6.07) is 74.9. The highest BCUT2D eigenvalue weighted by Crippen LogP contribution is 2.43. The molecule has 0 fully saturated rings. The molecule has 0 N–H and O–H groups in total. The summed E-state index contributed by atoms with van der Waals surface area (Å²) < 4.78 is 2.49. The van der Waals surface area contributed by atoms with Gasteiger partial charge in [-0.2, -0.15) is 0 Å². The van der Waals surface area contributed by atoms with Crippen molar-refractivity contribution in [2.45, 2.75) is 0 Å². The molecule has 0 radical (unpaired) electrons. The quantitative estimate of drug-likeness (QED) is 0.162. The minimum Gasteiger partial charge on any atom is -0.246 e. The fraction of sp³-hybridized carbons (Fsp3) is 0. The molecule has 276 valence electrons. The molecule has 0 aliphatic carbocycles.